The summed E-state index contributed by atoms with van der Waals surface area (Å²) in [6, 6.07) is 17.1. The van der Waals surface area contributed by atoms with Crippen LogP contribution >= 0.6 is 0 Å². The molecule has 0 fully saturated rings. The Morgan fingerprint density at radius 3 is 1.64 bits per heavy atom. The van der Waals surface area contributed by atoms with Gasteiger partial charge in [0.2, 0.25) is 0 Å². The molecule has 0 nitrogen and oxygen atoms in total. The van der Waals surface area contributed by atoms with Crippen LogP contribution in [-0.4, -0.2) is 0 Å². The van der Waals surface area contributed by atoms with E-state index in [0.717, 1.165) is 33.4 Å². The lowest BCUT2D eigenvalue weighted by Crippen LogP contribution is -1.92. The number of benzene rings is 3. The molecule has 3 aromatic rings. The van der Waals surface area contributed by atoms with Gasteiger partial charge in [0.05, 0.1) is 0 Å². The topological polar surface area (TPSA) is 0 Å². The van der Waals surface area contributed by atoms with Gasteiger partial charge in [0.25, 0.3) is 0 Å². The van der Waals surface area contributed by atoms with Crippen molar-refractivity contribution < 1.29 is 8.78 Å². The Balaban J connectivity index is 2.17. The van der Waals surface area contributed by atoms with Crippen molar-refractivity contribution in [1.82, 2.24) is 0 Å². The van der Waals surface area contributed by atoms with E-state index in [1.54, 1.807) is 24.3 Å². The highest BCUT2D eigenvalue weighted by molar-refractivity contribution is 5.80. The van der Waals surface area contributed by atoms with Gasteiger partial charge in [0, 0.05) is 0 Å². The SMILES string of the molecule is Cc1ccc(-c2ccc(F)cc2)c(C)c1-c1ccc(F)cc1. The summed E-state index contributed by atoms with van der Waals surface area (Å²) in [6.45, 7) is 4.09. The summed E-state index contributed by atoms with van der Waals surface area (Å²) >= 11 is 0. The molecule has 0 unspecified atom stereocenters. The van der Waals surface area contributed by atoms with Gasteiger partial charge in [-0.2, -0.15) is 0 Å². The first-order chi connectivity index (χ1) is 10.6. The van der Waals surface area contributed by atoms with Gasteiger partial charge in [0.15, 0.2) is 0 Å². The molecule has 0 N–H and O–H groups in total. The van der Waals surface area contributed by atoms with Gasteiger partial charge in [-0.25, -0.2) is 8.78 Å². The van der Waals surface area contributed by atoms with Crippen LogP contribution in [0.4, 0.5) is 8.78 Å². The summed E-state index contributed by atoms with van der Waals surface area (Å²) in [4.78, 5) is 0. The Hall–Kier alpha value is -2.48. The predicted molar refractivity (Wildman–Crippen MR) is 86.7 cm³/mol. The van der Waals surface area contributed by atoms with Crippen molar-refractivity contribution >= 4 is 0 Å². The molecule has 3 aromatic carbocycles. The number of hydrogen-bond donors (Lipinski definition) is 0. The zero-order valence-corrected chi connectivity index (χ0v) is 12.5. The molecule has 2 heteroatoms. The first-order valence-electron chi connectivity index (χ1n) is 7.18. The number of halogens is 2. The van der Waals surface area contributed by atoms with Crippen LogP contribution in [0.15, 0.2) is 60.7 Å². The zero-order valence-electron chi connectivity index (χ0n) is 12.5. The summed E-state index contributed by atoms with van der Waals surface area (Å²) in [5, 5.41) is 0. The number of hydrogen-bond acceptors (Lipinski definition) is 0. The van der Waals surface area contributed by atoms with Crippen LogP contribution in [0, 0.1) is 25.5 Å². The second-order valence-corrected chi connectivity index (χ2v) is 5.44. The molecule has 0 aliphatic rings. The quantitative estimate of drug-likeness (QED) is 0.550. The summed E-state index contributed by atoms with van der Waals surface area (Å²) in [7, 11) is 0. The maximum Gasteiger partial charge on any atom is 0.123 e. The van der Waals surface area contributed by atoms with Gasteiger partial charge >= 0.3 is 0 Å². The monoisotopic (exact) mass is 294 g/mol. The first kappa shape index (κ1) is 14.5. The van der Waals surface area contributed by atoms with Gasteiger partial charge < -0.3 is 0 Å². The maximum absolute atomic E-state index is 13.2. The minimum absolute atomic E-state index is 0.242. The summed E-state index contributed by atoms with van der Waals surface area (Å²) in [6.07, 6.45) is 0. The highest BCUT2D eigenvalue weighted by Gasteiger charge is 2.11. The first-order valence-corrected chi connectivity index (χ1v) is 7.18. The van der Waals surface area contributed by atoms with E-state index in [0.29, 0.717) is 0 Å². The van der Waals surface area contributed by atoms with Crippen LogP contribution in [0.5, 0.6) is 0 Å². The Morgan fingerprint density at radius 1 is 0.591 bits per heavy atom. The Kier molecular flexibility index (Phi) is 3.76. The molecule has 22 heavy (non-hydrogen) atoms. The fraction of sp³-hybridized carbons (Fsp3) is 0.100. The Morgan fingerprint density at radius 2 is 1.09 bits per heavy atom. The van der Waals surface area contributed by atoms with Crippen LogP contribution in [0.2, 0.25) is 0 Å². The van der Waals surface area contributed by atoms with Crippen molar-refractivity contribution in [3.05, 3.63) is 83.4 Å². The molecular formula is C20H16F2. The van der Waals surface area contributed by atoms with Crippen LogP contribution in [0.25, 0.3) is 22.3 Å². The van der Waals surface area contributed by atoms with E-state index in [-0.39, 0.29) is 11.6 Å². The van der Waals surface area contributed by atoms with Crippen molar-refractivity contribution in [2.75, 3.05) is 0 Å². The fourth-order valence-electron chi connectivity index (χ4n) is 2.85. The van der Waals surface area contributed by atoms with Gasteiger partial charge in [-0.05, 0) is 71.5 Å². The third-order valence-corrected chi connectivity index (χ3v) is 3.96. The average molecular weight is 294 g/mol. The molecule has 0 aromatic heterocycles. The molecular weight excluding hydrogens is 278 g/mol. The zero-order chi connectivity index (χ0) is 15.7. The van der Waals surface area contributed by atoms with Gasteiger partial charge in [-0.3, -0.25) is 0 Å². The molecule has 0 radical (unpaired) electrons. The molecule has 0 saturated carbocycles. The second-order valence-electron chi connectivity index (χ2n) is 5.44. The summed E-state index contributed by atoms with van der Waals surface area (Å²) in [5.74, 6) is -0.485. The molecule has 0 heterocycles. The molecule has 0 aliphatic heterocycles. The van der Waals surface area contributed by atoms with Crippen LogP contribution in [0.1, 0.15) is 11.1 Å². The third kappa shape index (κ3) is 2.64. The molecule has 0 aliphatic carbocycles. The van der Waals surface area contributed by atoms with E-state index in [4.69, 9.17) is 0 Å². The normalized spacial score (nSPS) is 10.7. The number of rotatable bonds is 2. The Bertz CT molecular complexity index is 800. The van der Waals surface area contributed by atoms with Crippen molar-refractivity contribution in [2.45, 2.75) is 13.8 Å². The lowest BCUT2D eigenvalue weighted by Gasteiger charge is -2.15. The summed E-state index contributed by atoms with van der Waals surface area (Å²) in [5.41, 5.74) is 6.36. The largest absolute Gasteiger partial charge is 0.207 e. The van der Waals surface area contributed by atoms with E-state index < -0.39 is 0 Å². The van der Waals surface area contributed by atoms with Crippen LogP contribution < -0.4 is 0 Å². The maximum atomic E-state index is 13.2. The minimum Gasteiger partial charge on any atom is -0.207 e. The lowest BCUT2D eigenvalue weighted by molar-refractivity contribution is 0.627. The highest BCUT2D eigenvalue weighted by atomic mass is 19.1. The van der Waals surface area contributed by atoms with E-state index in [9.17, 15) is 8.78 Å². The van der Waals surface area contributed by atoms with E-state index >= 15 is 0 Å². The highest BCUT2D eigenvalue weighted by Crippen LogP contribution is 2.34. The molecule has 3 rings (SSSR count). The number of aryl methyl sites for hydroxylation is 1. The van der Waals surface area contributed by atoms with Crippen molar-refractivity contribution in [3.8, 4) is 22.3 Å². The average Bonchev–Trinajstić information content (AvgIpc) is 2.51. The molecule has 0 spiro atoms. The van der Waals surface area contributed by atoms with E-state index in [1.807, 2.05) is 26.0 Å². The van der Waals surface area contributed by atoms with Crippen LogP contribution in [-0.2, 0) is 0 Å². The van der Waals surface area contributed by atoms with Crippen molar-refractivity contribution in [1.29, 1.82) is 0 Å². The molecule has 0 saturated heterocycles. The molecule has 110 valence electrons. The predicted octanol–water partition coefficient (Wildman–Crippen LogP) is 5.92. The third-order valence-electron chi connectivity index (χ3n) is 3.96. The van der Waals surface area contributed by atoms with Gasteiger partial charge in [-0.1, -0.05) is 36.4 Å². The molecule has 0 atom stereocenters. The van der Waals surface area contributed by atoms with Gasteiger partial charge in [0.1, 0.15) is 11.6 Å². The summed E-state index contributed by atoms with van der Waals surface area (Å²) < 4.78 is 26.3. The standard InChI is InChI=1S/C20H16F2/c1-13-3-12-19(15-4-8-17(21)9-5-15)14(2)20(13)16-6-10-18(22)11-7-16/h3-12H,1-2H3. The van der Waals surface area contributed by atoms with Crippen LogP contribution in [0.3, 0.4) is 0 Å². The minimum atomic E-state index is -0.243. The van der Waals surface area contributed by atoms with Crippen molar-refractivity contribution in [3.63, 3.8) is 0 Å². The Labute approximate surface area is 129 Å². The van der Waals surface area contributed by atoms with E-state index in [1.165, 1.54) is 24.3 Å². The lowest BCUT2D eigenvalue weighted by atomic mass is 9.89. The fourth-order valence-corrected chi connectivity index (χ4v) is 2.85. The van der Waals surface area contributed by atoms with Crippen molar-refractivity contribution in [2.24, 2.45) is 0 Å². The van der Waals surface area contributed by atoms with Gasteiger partial charge in [-0.15, -0.1) is 0 Å². The molecule has 0 bridgehead atoms. The second kappa shape index (κ2) is 5.72. The molecule has 0 amide bonds. The smallest absolute Gasteiger partial charge is 0.123 e. The van der Waals surface area contributed by atoms with E-state index in [2.05, 4.69) is 0 Å².